The van der Waals surface area contributed by atoms with Crippen LogP contribution in [-0.4, -0.2) is 83.3 Å². The van der Waals surface area contributed by atoms with Crippen LogP contribution >= 0.6 is 0 Å². The first-order chi connectivity index (χ1) is 23.2. The predicted molar refractivity (Wildman–Crippen MR) is 174 cm³/mol. The summed E-state index contributed by atoms with van der Waals surface area (Å²) in [5.41, 5.74) is 1.71. The van der Waals surface area contributed by atoms with Gasteiger partial charge in [0.2, 0.25) is 0 Å². The average Bonchev–Trinajstić information content (AvgIpc) is 3.39. The monoisotopic (exact) mass is 684 g/mol. The summed E-state index contributed by atoms with van der Waals surface area (Å²) in [6, 6.07) is 13.1. The zero-order chi connectivity index (χ0) is 35.8. The lowest BCUT2D eigenvalue weighted by molar-refractivity contribution is -0.192. The van der Waals surface area contributed by atoms with E-state index in [1.165, 1.54) is 26.4 Å². The number of aliphatic carboxylic acids is 1. The van der Waals surface area contributed by atoms with E-state index >= 15 is 0 Å². The summed E-state index contributed by atoms with van der Waals surface area (Å²) in [7, 11) is 6.86. The number of phenols is 3. The molecule has 0 aliphatic heterocycles. The molecule has 0 bridgehead atoms. The number of phenolic OH excluding ortho intramolecular Hbond substituents is 3. The van der Waals surface area contributed by atoms with Crippen LogP contribution in [0, 0.1) is 0 Å². The molecule has 0 saturated heterocycles. The van der Waals surface area contributed by atoms with Gasteiger partial charge in [-0.3, -0.25) is 0 Å². The highest BCUT2D eigenvalue weighted by Gasteiger charge is 2.38. The number of ether oxygens (including phenoxy) is 3. The fourth-order valence-electron chi connectivity index (χ4n) is 5.49. The van der Waals surface area contributed by atoms with Gasteiger partial charge in [0.25, 0.3) is 0 Å². The molecule has 0 radical (unpaired) electrons. The van der Waals surface area contributed by atoms with Gasteiger partial charge in [0.15, 0.2) is 34.5 Å². The van der Waals surface area contributed by atoms with E-state index in [4.69, 9.17) is 28.5 Å². The van der Waals surface area contributed by atoms with Crippen molar-refractivity contribution in [3.8, 4) is 45.6 Å². The van der Waals surface area contributed by atoms with Crippen molar-refractivity contribution in [3.05, 3.63) is 65.1 Å². The molecular formula is C34H31F3N2O10. The first-order valence-electron chi connectivity index (χ1n) is 14.6. The van der Waals surface area contributed by atoms with Crippen molar-refractivity contribution >= 4 is 44.1 Å². The van der Waals surface area contributed by atoms with E-state index in [1.54, 1.807) is 47.0 Å². The third-order valence-corrected chi connectivity index (χ3v) is 7.66. The summed E-state index contributed by atoms with van der Waals surface area (Å²) >= 11 is 0. The first kappa shape index (κ1) is 34.5. The van der Waals surface area contributed by atoms with Crippen molar-refractivity contribution in [1.82, 2.24) is 9.30 Å². The predicted octanol–water partition coefficient (Wildman–Crippen LogP) is 6.12. The van der Waals surface area contributed by atoms with Crippen molar-refractivity contribution < 1.29 is 57.0 Å². The highest BCUT2D eigenvalue weighted by Crippen LogP contribution is 2.46. The molecule has 6 aromatic rings. The molecule has 258 valence electrons. The van der Waals surface area contributed by atoms with Gasteiger partial charge in [-0.05, 0) is 67.9 Å². The number of rotatable bonds is 8. The molecule has 0 spiro atoms. The molecular weight excluding hydrogens is 653 g/mol. The standard InChI is InChI=1S/C32H30N2O8.C2HF3O2/c1-33(2)9-5-11-41-27-16-25-20(14-23(27)37)29-28(18-6-7-24(39-3)21(35)13-18)30-19-15-26(40-4)22(36)12-17(19)8-10-34(30)31(29)32(38)42-25;3-2(4,5)1(6)7/h6-8,10,12-16,35-37H,5,9,11H2,1-4H3;(H,6,7). The van der Waals surface area contributed by atoms with Gasteiger partial charge in [-0.15, -0.1) is 0 Å². The summed E-state index contributed by atoms with van der Waals surface area (Å²) < 4.78 is 55.7. The molecule has 0 amide bonds. The molecule has 12 nitrogen and oxygen atoms in total. The van der Waals surface area contributed by atoms with Gasteiger partial charge < -0.3 is 48.4 Å². The SMILES string of the molecule is COc1ccc(-c2c3c4cc(O)c(OCCCN(C)C)cc4oc(=O)c3n3ccc4cc(O)c(OC)cc4c23)cc1O.O=C(O)C(F)(F)F. The van der Waals surface area contributed by atoms with Crippen LogP contribution in [0.3, 0.4) is 0 Å². The van der Waals surface area contributed by atoms with E-state index in [-0.39, 0.29) is 39.8 Å². The number of alkyl halides is 3. The smallest absolute Gasteiger partial charge is 0.490 e. The lowest BCUT2D eigenvalue weighted by Gasteiger charge is -2.12. The van der Waals surface area contributed by atoms with Crippen LogP contribution < -0.4 is 19.8 Å². The van der Waals surface area contributed by atoms with Crippen LogP contribution in [0.1, 0.15) is 6.42 Å². The number of hydrogen-bond acceptors (Lipinski definition) is 10. The van der Waals surface area contributed by atoms with Crippen LogP contribution in [0.5, 0.6) is 34.5 Å². The Labute approximate surface area is 275 Å². The van der Waals surface area contributed by atoms with E-state index in [2.05, 4.69) is 0 Å². The number of benzene rings is 3. The fraction of sp³-hybridized carbons (Fsp3) is 0.235. The molecule has 0 aliphatic carbocycles. The molecule has 6 rings (SSSR count). The maximum absolute atomic E-state index is 13.6. The number of methoxy groups -OCH3 is 2. The van der Waals surface area contributed by atoms with Crippen molar-refractivity contribution in [2.45, 2.75) is 12.6 Å². The summed E-state index contributed by atoms with van der Waals surface area (Å²) in [5, 5.41) is 41.7. The fourth-order valence-corrected chi connectivity index (χ4v) is 5.49. The minimum atomic E-state index is -5.08. The number of hydrogen-bond donors (Lipinski definition) is 4. The topological polar surface area (TPSA) is 164 Å². The Bertz CT molecular complexity index is 2280. The van der Waals surface area contributed by atoms with Crippen molar-refractivity contribution in [2.24, 2.45) is 0 Å². The van der Waals surface area contributed by atoms with Gasteiger partial charge in [-0.2, -0.15) is 13.2 Å². The van der Waals surface area contributed by atoms with Crippen LogP contribution in [0.4, 0.5) is 13.2 Å². The lowest BCUT2D eigenvalue weighted by Crippen LogP contribution is -2.21. The zero-order valence-electron chi connectivity index (χ0n) is 26.6. The third kappa shape index (κ3) is 6.65. The van der Waals surface area contributed by atoms with Gasteiger partial charge in [0.05, 0.1) is 26.3 Å². The molecule has 3 heterocycles. The van der Waals surface area contributed by atoms with Crippen LogP contribution in [0.15, 0.2) is 63.9 Å². The summed E-state index contributed by atoms with van der Waals surface area (Å²) in [6.45, 7) is 1.19. The molecule has 0 fully saturated rings. The summed E-state index contributed by atoms with van der Waals surface area (Å²) in [6.07, 6.45) is -2.61. The van der Waals surface area contributed by atoms with Crippen molar-refractivity contribution in [1.29, 1.82) is 0 Å². The number of carboxylic acids is 1. The Balaban J connectivity index is 0.000000606. The molecule has 3 aromatic heterocycles. The van der Waals surface area contributed by atoms with Crippen molar-refractivity contribution in [3.63, 3.8) is 0 Å². The number of aromatic nitrogens is 1. The zero-order valence-corrected chi connectivity index (χ0v) is 26.6. The van der Waals surface area contributed by atoms with Crippen LogP contribution in [-0.2, 0) is 4.79 Å². The van der Waals surface area contributed by atoms with Gasteiger partial charge in [-0.1, -0.05) is 6.07 Å². The molecule has 15 heteroatoms. The highest BCUT2D eigenvalue weighted by molar-refractivity contribution is 6.22. The van der Waals surface area contributed by atoms with E-state index < -0.39 is 17.8 Å². The first-order valence-corrected chi connectivity index (χ1v) is 14.6. The Morgan fingerprint density at radius 2 is 1.53 bits per heavy atom. The lowest BCUT2D eigenvalue weighted by atomic mass is 9.98. The normalized spacial score (nSPS) is 11.7. The summed E-state index contributed by atoms with van der Waals surface area (Å²) in [4.78, 5) is 24.6. The second-order valence-electron chi connectivity index (χ2n) is 11.1. The minimum absolute atomic E-state index is 0.0258. The Morgan fingerprint density at radius 1 is 0.878 bits per heavy atom. The third-order valence-electron chi connectivity index (χ3n) is 7.66. The minimum Gasteiger partial charge on any atom is -0.504 e. The van der Waals surface area contributed by atoms with Gasteiger partial charge in [0, 0.05) is 40.5 Å². The second-order valence-corrected chi connectivity index (χ2v) is 11.1. The maximum atomic E-state index is 13.6. The number of carbonyl (C=O) groups is 1. The van der Waals surface area contributed by atoms with Gasteiger partial charge in [-0.25, -0.2) is 9.59 Å². The van der Waals surface area contributed by atoms with Crippen molar-refractivity contribution in [2.75, 3.05) is 41.5 Å². The number of pyridine rings is 1. The number of fused-ring (bicyclic) bond motifs is 7. The average molecular weight is 685 g/mol. The Hall–Kier alpha value is -5.83. The van der Waals surface area contributed by atoms with E-state index in [0.717, 1.165) is 13.0 Å². The largest absolute Gasteiger partial charge is 0.504 e. The quantitative estimate of drug-likeness (QED) is 0.108. The Kier molecular flexibility index (Phi) is 9.40. The van der Waals surface area contributed by atoms with E-state index in [9.17, 15) is 33.3 Å². The van der Waals surface area contributed by atoms with Crippen LogP contribution in [0.25, 0.3) is 49.3 Å². The molecule has 3 aromatic carbocycles. The number of nitrogens with zero attached hydrogens (tertiary/aromatic N) is 2. The molecule has 0 saturated carbocycles. The molecule has 4 N–H and O–H groups in total. The van der Waals surface area contributed by atoms with Gasteiger partial charge in [0.1, 0.15) is 11.1 Å². The highest BCUT2D eigenvalue weighted by atomic mass is 19.4. The molecule has 0 atom stereocenters. The van der Waals surface area contributed by atoms with Crippen LogP contribution in [0.2, 0.25) is 0 Å². The maximum Gasteiger partial charge on any atom is 0.490 e. The second kappa shape index (κ2) is 13.4. The number of halogens is 3. The van der Waals surface area contributed by atoms with E-state index in [1.807, 2.05) is 19.0 Å². The summed E-state index contributed by atoms with van der Waals surface area (Å²) in [5.74, 6) is -2.20. The van der Waals surface area contributed by atoms with Gasteiger partial charge >= 0.3 is 17.8 Å². The van der Waals surface area contributed by atoms with E-state index in [0.29, 0.717) is 50.5 Å². The molecule has 49 heavy (non-hydrogen) atoms. The Morgan fingerprint density at radius 3 is 2.14 bits per heavy atom. The number of carboxylic acid groups (broad SMARTS) is 1. The molecule has 0 aliphatic rings. The number of aromatic hydroxyl groups is 3. The molecule has 0 unspecified atom stereocenters.